The highest BCUT2D eigenvalue weighted by Crippen LogP contribution is 2.40. The third kappa shape index (κ3) is 9.82. The standard InChI is InChI=1S/C43H48N4O5/c1-42(2,3)52-41(50)38(45-39(48)30-46(31-40(49)51-4)27-17-20-33-18-9-5-10-19-33)28-37-29-47(32-44-37)43(34-21-11-6-12-22-34,35-23-13-7-14-24-35)36-25-15-8-16-26-36/h5-16,18-19,21-26,29,32,38H,17,20,27-28,30-31H2,1-4H3,(H,45,48)/t38-/m0/s1. The molecule has 0 bridgehead atoms. The van der Waals surface area contributed by atoms with Gasteiger partial charge < -0.3 is 19.4 Å². The summed E-state index contributed by atoms with van der Waals surface area (Å²) in [6.07, 6.45) is 5.32. The molecule has 4 aromatic carbocycles. The highest BCUT2D eigenvalue weighted by molar-refractivity contribution is 5.86. The van der Waals surface area contributed by atoms with E-state index in [0.29, 0.717) is 12.2 Å². The van der Waals surface area contributed by atoms with E-state index < -0.39 is 35.0 Å². The summed E-state index contributed by atoms with van der Waals surface area (Å²) in [5.74, 6) is -1.42. The molecule has 0 aliphatic heterocycles. The summed E-state index contributed by atoms with van der Waals surface area (Å²) in [6.45, 7) is 5.70. The van der Waals surface area contributed by atoms with Crippen LogP contribution < -0.4 is 5.32 Å². The second-order valence-electron chi connectivity index (χ2n) is 13.8. The van der Waals surface area contributed by atoms with E-state index in [1.54, 1.807) is 32.0 Å². The van der Waals surface area contributed by atoms with E-state index >= 15 is 0 Å². The molecule has 1 heterocycles. The number of amides is 1. The Morgan fingerprint density at radius 1 is 0.769 bits per heavy atom. The third-order valence-electron chi connectivity index (χ3n) is 8.77. The largest absolute Gasteiger partial charge is 0.468 e. The van der Waals surface area contributed by atoms with Crippen LogP contribution in [-0.4, -0.2) is 70.7 Å². The maximum Gasteiger partial charge on any atom is 0.329 e. The van der Waals surface area contributed by atoms with E-state index in [0.717, 1.165) is 29.5 Å². The topological polar surface area (TPSA) is 103 Å². The predicted octanol–water partition coefficient (Wildman–Crippen LogP) is 6.20. The van der Waals surface area contributed by atoms with E-state index in [9.17, 15) is 14.4 Å². The Bertz CT molecular complexity index is 1780. The van der Waals surface area contributed by atoms with Crippen molar-refractivity contribution < 1.29 is 23.9 Å². The number of nitrogens with one attached hydrogen (secondary N) is 1. The number of methoxy groups -OCH3 is 1. The molecule has 0 aliphatic carbocycles. The molecule has 5 rings (SSSR count). The minimum atomic E-state index is -1.03. The zero-order valence-electron chi connectivity index (χ0n) is 30.4. The van der Waals surface area contributed by atoms with Crippen molar-refractivity contribution in [2.24, 2.45) is 0 Å². The Hall–Kier alpha value is -5.54. The first-order chi connectivity index (χ1) is 25.1. The molecular weight excluding hydrogens is 652 g/mol. The molecule has 0 unspecified atom stereocenters. The molecule has 0 aliphatic rings. The number of ether oxygens (including phenoxy) is 2. The lowest BCUT2D eigenvalue weighted by Gasteiger charge is -2.37. The maximum absolute atomic E-state index is 13.6. The van der Waals surface area contributed by atoms with Crippen LogP contribution in [0.2, 0.25) is 0 Å². The molecule has 5 aromatic rings. The first-order valence-corrected chi connectivity index (χ1v) is 17.6. The quantitative estimate of drug-likeness (QED) is 0.0967. The van der Waals surface area contributed by atoms with Crippen molar-refractivity contribution in [3.05, 3.63) is 162 Å². The average molecular weight is 701 g/mol. The summed E-state index contributed by atoms with van der Waals surface area (Å²) in [7, 11) is 1.32. The van der Waals surface area contributed by atoms with Crippen LogP contribution >= 0.6 is 0 Å². The molecule has 1 N–H and O–H groups in total. The molecule has 9 heteroatoms. The van der Waals surface area contributed by atoms with Crippen LogP contribution in [0.4, 0.5) is 0 Å². The minimum absolute atomic E-state index is 0.0548. The van der Waals surface area contributed by atoms with Crippen molar-refractivity contribution in [1.29, 1.82) is 0 Å². The highest BCUT2D eigenvalue weighted by Gasteiger charge is 2.39. The summed E-state index contributed by atoms with van der Waals surface area (Å²) in [6, 6.07) is 39.7. The van der Waals surface area contributed by atoms with Crippen LogP contribution in [0.3, 0.4) is 0 Å². The van der Waals surface area contributed by atoms with Gasteiger partial charge in [0.1, 0.15) is 17.2 Å². The first-order valence-electron chi connectivity index (χ1n) is 17.6. The highest BCUT2D eigenvalue weighted by atomic mass is 16.6. The fraction of sp³-hybridized carbons (Fsp3) is 0.302. The van der Waals surface area contributed by atoms with Gasteiger partial charge in [-0.05, 0) is 62.4 Å². The van der Waals surface area contributed by atoms with Crippen molar-refractivity contribution in [3.63, 3.8) is 0 Å². The monoisotopic (exact) mass is 700 g/mol. The zero-order chi connectivity index (χ0) is 37.0. The van der Waals surface area contributed by atoms with Gasteiger partial charge in [-0.3, -0.25) is 14.5 Å². The summed E-state index contributed by atoms with van der Waals surface area (Å²) < 4.78 is 12.8. The zero-order valence-corrected chi connectivity index (χ0v) is 30.4. The molecule has 270 valence electrons. The van der Waals surface area contributed by atoms with Crippen LogP contribution in [0.25, 0.3) is 0 Å². The van der Waals surface area contributed by atoms with Gasteiger partial charge in [-0.1, -0.05) is 121 Å². The number of aryl methyl sites for hydroxylation is 1. The van der Waals surface area contributed by atoms with E-state index in [1.807, 2.05) is 91.1 Å². The number of aromatic nitrogens is 2. The predicted molar refractivity (Wildman–Crippen MR) is 202 cm³/mol. The van der Waals surface area contributed by atoms with Crippen molar-refractivity contribution in [2.45, 2.75) is 57.2 Å². The Morgan fingerprint density at radius 2 is 1.29 bits per heavy atom. The summed E-state index contributed by atoms with van der Waals surface area (Å²) in [4.78, 5) is 46.1. The molecule has 1 aromatic heterocycles. The number of carbonyl (C=O) groups is 3. The second-order valence-corrected chi connectivity index (χ2v) is 13.8. The number of imidazole rings is 1. The van der Waals surface area contributed by atoms with Crippen molar-refractivity contribution in [3.8, 4) is 0 Å². The van der Waals surface area contributed by atoms with Gasteiger partial charge in [-0.25, -0.2) is 9.78 Å². The molecule has 9 nitrogen and oxygen atoms in total. The van der Waals surface area contributed by atoms with Gasteiger partial charge in [0.05, 0.1) is 32.2 Å². The Balaban J connectivity index is 1.43. The summed E-state index contributed by atoms with van der Waals surface area (Å²) >= 11 is 0. The number of hydrogen-bond donors (Lipinski definition) is 1. The molecule has 1 amide bonds. The van der Waals surface area contributed by atoms with Gasteiger partial charge in [0, 0.05) is 12.6 Å². The second kappa shape index (κ2) is 17.6. The first kappa shape index (κ1) is 37.7. The van der Waals surface area contributed by atoms with Crippen molar-refractivity contribution >= 4 is 17.8 Å². The number of rotatable bonds is 16. The Kier molecular flexibility index (Phi) is 12.8. The van der Waals surface area contributed by atoms with Gasteiger partial charge in [-0.2, -0.15) is 0 Å². The van der Waals surface area contributed by atoms with E-state index in [4.69, 9.17) is 14.5 Å². The molecule has 0 radical (unpaired) electrons. The van der Waals surface area contributed by atoms with Crippen LogP contribution in [0.15, 0.2) is 134 Å². The lowest BCUT2D eigenvalue weighted by Crippen LogP contribution is -2.49. The number of nitrogens with zero attached hydrogens (tertiary/aromatic N) is 3. The molecule has 0 saturated carbocycles. The number of carbonyl (C=O) groups excluding carboxylic acids is 3. The van der Waals surface area contributed by atoms with Gasteiger partial charge in [0.15, 0.2) is 0 Å². The SMILES string of the molecule is COC(=O)CN(CCCc1ccccc1)CC(=O)N[C@@H](Cc1cn(C(c2ccccc2)(c2ccccc2)c2ccccc2)cn1)C(=O)OC(C)(C)C. The lowest BCUT2D eigenvalue weighted by molar-refractivity contribution is -0.158. The molecule has 0 saturated heterocycles. The van der Waals surface area contributed by atoms with E-state index in [-0.39, 0.29) is 19.5 Å². The number of benzene rings is 4. The average Bonchev–Trinajstić information content (AvgIpc) is 3.61. The maximum atomic E-state index is 13.6. The van der Waals surface area contributed by atoms with Crippen molar-refractivity contribution in [2.75, 3.05) is 26.7 Å². The molecular formula is C43H48N4O5. The van der Waals surface area contributed by atoms with Gasteiger partial charge >= 0.3 is 11.9 Å². The van der Waals surface area contributed by atoms with Crippen LogP contribution in [-0.2, 0) is 42.2 Å². The van der Waals surface area contributed by atoms with E-state index in [1.165, 1.54) is 12.7 Å². The Morgan fingerprint density at radius 3 is 1.79 bits per heavy atom. The normalized spacial score (nSPS) is 12.2. The molecule has 0 spiro atoms. The molecule has 0 fully saturated rings. The fourth-order valence-corrected chi connectivity index (χ4v) is 6.47. The van der Waals surface area contributed by atoms with Gasteiger partial charge in [0.25, 0.3) is 0 Å². The fourth-order valence-electron chi connectivity index (χ4n) is 6.47. The Labute approximate surface area is 306 Å². The van der Waals surface area contributed by atoms with Crippen LogP contribution in [0.5, 0.6) is 0 Å². The third-order valence-corrected chi connectivity index (χ3v) is 8.77. The van der Waals surface area contributed by atoms with Crippen molar-refractivity contribution in [1.82, 2.24) is 19.8 Å². The van der Waals surface area contributed by atoms with Gasteiger partial charge in [0.2, 0.25) is 5.91 Å². The van der Waals surface area contributed by atoms with Crippen LogP contribution in [0.1, 0.15) is 55.1 Å². The number of hydrogen-bond acceptors (Lipinski definition) is 7. The molecule has 52 heavy (non-hydrogen) atoms. The lowest BCUT2D eigenvalue weighted by atomic mass is 9.77. The van der Waals surface area contributed by atoms with Gasteiger partial charge in [-0.15, -0.1) is 0 Å². The van der Waals surface area contributed by atoms with Crippen LogP contribution in [0, 0.1) is 0 Å². The summed E-state index contributed by atoms with van der Waals surface area (Å²) in [5, 5.41) is 2.90. The summed E-state index contributed by atoms with van der Waals surface area (Å²) in [5.41, 5.74) is 3.30. The minimum Gasteiger partial charge on any atom is -0.468 e. The van der Waals surface area contributed by atoms with E-state index in [2.05, 4.69) is 46.3 Å². The smallest absolute Gasteiger partial charge is 0.329 e. The number of esters is 2. The molecule has 1 atom stereocenters.